The van der Waals surface area contributed by atoms with E-state index in [4.69, 9.17) is 28.8 Å². The van der Waals surface area contributed by atoms with Gasteiger partial charge < -0.3 is 8.83 Å². The van der Waals surface area contributed by atoms with Crippen LogP contribution in [0.2, 0.25) is 0 Å². The molecule has 0 aliphatic carbocycles. The Morgan fingerprint density at radius 1 is 0.386 bits per heavy atom. The van der Waals surface area contributed by atoms with E-state index >= 15 is 0 Å². The van der Waals surface area contributed by atoms with Gasteiger partial charge in [-0.15, -0.1) is 0 Å². The molecular weight excluding hydrogens is 544 g/mol. The van der Waals surface area contributed by atoms with Crippen molar-refractivity contribution >= 4 is 43.8 Å². The van der Waals surface area contributed by atoms with Gasteiger partial charge in [-0.05, 0) is 53.2 Å². The molecule has 6 aromatic carbocycles. The molecule has 0 atom stereocenters. The molecule has 0 N–H and O–H groups in total. The van der Waals surface area contributed by atoms with E-state index in [0.29, 0.717) is 28.9 Å². The summed E-state index contributed by atoms with van der Waals surface area (Å²) < 4.78 is 12.5. The van der Waals surface area contributed by atoms with Crippen molar-refractivity contribution in [1.29, 1.82) is 0 Å². The van der Waals surface area contributed by atoms with Gasteiger partial charge in [0.25, 0.3) is 0 Å². The first-order valence-electron chi connectivity index (χ1n) is 14.4. The normalized spacial score (nSPS) is 11.6. The Bertz CT molecular complexity index is 2500. The molecule has 0 radical (unpaired) electrons. The number of rotatable bonds is 4. The molecule has 0 bridgehead atoms. The van der Waals surface area contributed by atoms with E-state index in [1.807, 2.05) is 97.1 Å². The lowest BCUT2D eigenvalue weighted by Gasteiger charge is -2.09. The third-order valence-electron chi connectivity index (χ3n) is 7.95. The van der Waals surface area contributed by atoms with E-state index in [9.17, 15) is 0 Å². The highest BCUT2D eigenvalue weighted by molar-refractivity contribution is 6.17. The molecule has 0 amide bonds. The Morgan fingerprint density at radius 3 is 1.77 bits per heavy atom. The maximum atomic E-state index is 6.36. The smallest absolute Gasteiger partial charge is 0.227 e. The number of nitrogens with zero attached hydrogens (tertiary/aromatic N) is 4. The minimum atomic E-state index is 0.572. The van der Waals surface area contributed by atoms with Crippen molar-refractivity contribution in [3.8, 4) is 45.6 Å². The summed E-state index contributed by atoms with van der Waals surface area (Å²) in [6.07, 6.45) is 0. The number of furan rings is 1. The van der Waals surface area contributed by atoms with Crippen LogP contribution in [0.25, 0.3) is 89.4 Å². The van der Waals surface area contributed by atoms with Crippen LogP contribution in [0.15, 0.2) is 142 Å². The van der Waals surface area contributed by atoms with Crippen molar-refractivity contribution in [2.45, 2.75) is 0 Å². The largest absolute Gasteiger partial charge is 0.456 e. The fourth-order valence-corrected chi connectivity index (χ4v) is 5.77. The topological polar surface area (TPSA) is 77.8 Å². The first kappa shape index (κ1) is 24.5. The van der Waals surface area contributed by atoms with Crippen LogP contribution < -0.4 is 0 Å². The second-order valence-electron chi connectivity index (χ2n) is 10.7. The maximum Gasteiger partial charge on any atom is 0.227 e. The molecule has 9 aromatic rings. The molecule has 0 aliphatic heterocycles. The van der Waals surface area contributed by atoms with Crippen LogP contribution in [-0.4, -0.2) is 19.9 Å². The van der Waals surface area contributed by atoms with Crippen molar-refractivity contribution in [1.82, 2.24) is 19.9 Å². The molecule has 0 unspecified atom stereocenters. The van der Waals surface area contributed by atoms with Gasteiger partial charge in [0.05, 0.1) is 5.39 Å². The third kappa shape index (κ3) is 4.04. The monoisotopic (exact) mass is 566 g/mol. The predicted molar refractivity (Wildman–Crippen MR) is 174 cm³/mol. The molecule has 0 saturated carbocycles. The summed E-state index contributed by atoms with van der Waals surface area (Å²) >= 11 is 0. The Labute approximate surface area is 251 Å². The van der Waals surface area contributed by atoms with Gasteiger partial charge in [-0.3, -0.25) is 0 Å². The maximum absolute atomic E-state index is 6.36. The molecule has 6 nitrogen and oxygen atoms in total. The number of oxazole rings is 1. The average Bonchev–Trinajstić information content (AvgIpc) is 3.70. The van der Waals surface area contributed by atoms with Gasteiger partial charge in [0.1, 0.15) is 16.7 Å². The second kappa shape index (κ2) is 9.71. The standard InChI is InChI=1S/C38H22N4O2/c1-3-10-24(11-4-1)35-40-36(27-16-15-23-9-7-8-14-26(23)21-27)42-37(41-35)28-17-18-29-32(22-28)43-30-19-20-31-34(33(29)30)39-38(44-31)25-12-5-2-6-13-25/h1-22H. The molecule has 9 rings (SSSR count). The first-order chi connectivity index (χ1) is 21.8. The zero-order valence-electron chi connectivity index (χ0n) is 23.3. The minimum Gasteiger partial charge on any atom is -0.456 e. The number of hydrogen-bond donors (Lipinski definition) is 0. The summed E-state index contributed by atoms with van der Waals surface area (Å²) in [5, 5.41) is 4.18. The van der Waals surface area contributed by atoms with E-state index in [1.54, 1.807) is 0 Å². The summed E-state index contributed by atoms with van der Waals surface area (Å²) in [4.78, 5) is 19.6. The quantitative estimate of drug-likeness (QED) is 0.211. The fourth-order valence-electron chi connectivity index (χ4n) is 5.77. The Kier molecular flexibility index (Phi) is 5.40. The Balaban J connectivity index is 1.21. The van der Waals surface area contributed by atoms with Crippen molar-refractivity contribution in [3.05, 3.63) is 133 Å². The number of fused-ring (bicyclic) bond motifs is 6. The summed E-state index contributed by atoms with van der Waals surface area (Å²) in [6, 6.07) is 44.4. The molecule has 0 saturated heterocycles. The van der Waals surface area contributed by atoms with E-state index in [1.165, 1.54) is 5.39 Å². The summed E-state index contributed by atoms with van der Waals surface area (Å²) in [6.45, 7) is 0. The van der Waals surface area contributed by atoms with Crippen LogP contribution in [-0.2, 0) is 0 Å². The van der Waals surface area contributed by atoms with E-state index in [2.05, 4.69) is 36.4 Å². The van der Waals surface area contributed by atoms with Crippen LogP contribution >= 0.6 is 0 Å². The molecule has 3 heterocycles. The van der Waals surface area contributed by atoms with Crippen LogP contribution in [0.5, 0.6) is 0 Å². The molecule has 0 fully saturated rings. The van der Waals surface area contributed by atoms with Crippen molar-refractivity contribution in [2.24, 2.45) is 0 Å². The zero-order valence-corrected chi connectivity index (χ0v) is 23.3. The van der Waals surface area contributed by atoms with Gasteiger partial charge >= 0.3 is 0 Å². The van der Waals surface area contributed by atoms with Crippen molar-refractivity contribution < 1.29 is 8.83 Å². The lowest BCUT2D eigenvalue weighted by atomic mass is 10.1. The van der Waals surface area contributed by atoms with Crippen LogP contribution in [0.3, 0.4) is 0 Å². The minimum absolute atomic E-state index is 0.572. The Hall–Kier alpha value is -6.14. The molecule has 3 aromatic heterocycles. The highest BCUT2D eigenvalue weighted by Crippen LogP contribution is 2.38. The lowest BCUT2D eigenvalue weighted by molar-refractivity contribution is 0.619. The molecular formula is C38H22N4O2. The molecule has 0 aliphatic rings. The summed E-state index contributed by atoms with van der Waals surface area (Å²) in [5.74, 6) is 2.38. The van der Waals surface area contributed by atoms with Gasteiger partial charge in [0.2, 0.25) is 5.89 Å². The van der Waals surface area contributed by atoms with Gasteiger partial charge in [0.15, 0.2) is 23.1 Å². The van der Waals surface area contributed by atoms with Gasteiger partial charge in [-0.25, -0.2) is 19.9 Å². The SMILES string of the molecule is c1ccc(-c2nc(-c3ccc4ccccc4c3)nc(-c3ccc4c(c3)oc3ccc5oc(-c6ccccc6)nc5c34)n2)cc1. The van der Waals surface area contributed by atoms with Crippen LogP contribution in [0, 0.1) is 0 Å². The Morgan fingerprint density at radius 2 is 1.00 bits per heavy atom. The van der Waals surface area contributed by atoms with Crippen molar-refractivity contribution in [3.63, 3.8) is 0 Å². The molecule has 0 spiro atoms. The average molecular weight is 567 g/mol. The zero-order chi connectivity index (χ0) is 29.0. The van der Waals surface area contributed by atoms with Gasteiger partial charge in [0, 0.05) is 27.6 Å². The highest BCUT2D eigenvalue weighted by Gasteiger charge is 2.18. The third-order valence-corrected chi connectivity index (χ3v) is 7.95. The van der Waals surface area contributed by atoms with Gasteiger partial charge in [-0.2, -0.15) is 0 Å². The molecule has 6 heteroatoms. The highest BCUT2D eigenvalue weighted by atomic mass is 16.4. The van der Waals surface area contributed by atoms with E-state index in [0.717, 1.165) is 55.1 Å². The lowest BCUT2D eigenvalue weighted by Crippen LogP contribution is -2.00. The molecule has 44 heavy (non-hydrogen) atoms. The predicted octanol–water partition coefficient (Wildman–Crippen LogP) is 9.73. The summed E-state index contributed by atoms with van der Waals surface area (Å²) in [7, 11) is 0. The number of aromatic nitrogens is 4. The van der Waals surface area contributed by atoms with Crippen LogP contribution in [0.4, 0.5) is 0 Å². The first-order valence-corrected chi connectivity index (χ1v) is 14.4. The molecule has 206 valence electrons. The fraction of sp³-hybridized carbons (Fsp3) is 0. The van der Waals surface area contributed by atoms with Crippen molar-refractivity contribution in [2.75, 3.05) is 0 Å². The van der Waals surface area contributed by atoms with Gasteiger partial charge in [-0.1, -0.05) is 91.0 Å². The van der Waals surface area contributed by atoms with Crippen LogP contribution in [0.1, 0.15) is 0 Å². The number of benzene rings is 6. The number of hydrogen-bond acceptors (Lipinski definition) is 6. The summed E-state index contributed by atoms with van der Waals surface area (Å²) in [5.41, 5.74) is 6.57. The van der Waals surface area contributed by atoms with E-state index in [-0.39, 0.29) is 0 Å². The second-order valence-corrected chi connectivity index (χ2v) is 10.7. The van der Waals surface area contributed by atoms with E-state index < -0.39 is 0 Å².